The van der Waals surface area contributed by atoms with Crippen LogP contribution in [0.25, 0.3) is 91.8 Å². The Morgan fingerprint density at radius 3 is 1.86 bits per heavy atom. The van der Waals surface area contributed by atoms with Crippen molar-refractivity contribution in [2.24, 2.45) is 0 Å². The molecule has 0 unspecified atom stereocenters. The maximum atomic E-state index is 2.42. The lowest BCUT2D eigenvalue weighted by atomic mass is 9.82. The molecule has 2 heterocycles. The fraction of sp³-hybridized carbons (Fsp3) is 0.0492. The molecule has 2 nitrogen and oxygen atoms in total. The quantitative estimate of drug-likeness (QED) is 0.162. The predicted molar refractivity (Wildman–Crippen MR) is 274 cm³/mol. The monoisotopic (exact) mass is 834 g/mol. The van der Waals surface area contributed by atoms with Gasteiger partial charge in [0.15, 0.2) is 0 Å². The van der Waals surface area contributed by atoms with Crippen molar-refractivity contribution in [1.29, 1.82) is 0 Å². The second kappa shape index (κ2) is 14.2. The van der Waals surface area contributed by atoms with Crippen molar-refractivity contribution in [2.45, 2.75) is 19.3 Å². The minimum atomic E-state index is -0.111. The Bertz CT molecular complexity index is 3810. The van der Waals surface area contributed by atoms with E-state index in [1.165, 1.54) is 103 Å². The first-order valence-electron chi connectivity index (χ1n) is 22.2. The molecule has 0 amide bonds. The molecule has 0 N–H and O–H groups in total. The molecule has 0 bridgehead atoms. The zero-order valence-electron chi connectivity index (χ0n) is 35.6. The lowest BCUT2D eigenvalue weighted by Gasteiger charge is -2.28. The van der Waals surface area contributed by atoms with E-state index in [0.29, 0.717) is 0 Å². The third-order valence-corrected chi connectivity index (χ3v) is 15.0. The molecule has 0 atom stereocenters. The molecule has 10 aromatic carbocycles. The SMILES string of the molecule is CC1(C)c2ccccc2-c2ccc(N(c3ccc(-c4ccc5c(c4)c4ccccc4n5-c4ccc5ccccc5c4)cc3)c3ccc(-c4cccc5c4sc4ccccc45)cc3)cc21. The van der Waals surface area contributed by atoms with Gasteiger partial charge in [-0.1, -0.05) is 159 Å². The van der Waals surface area contributed by atoms with Crippen molar-refractivity contribution in [3.63, 3.8) is 0 Å². The molecule has 0 fully saturated rings. The third kappa shape index (κ3) is 5.64. The van der Waals surface area contributed by atoms with Crippen LogP contribution >= 0.6 is 11.3 Å². The zero-order chi connectivity index (χ0) is 42.5. The molecule has 13 rings (SSSR count). The fourth-order valence-corrected chi connectivity index (χ4v) is 11.8. The third-order valence-electron chi connectivity index (χ3n) is 13.8. The summed E-state index contributed by atoms with van der Waals surface area (Å²) >= 11 is 1.88. The van der Waals surface area contributed by atoms with E-state index >= 15 is 0 Å². The Morgan fingerprint density at radius 2 is 1.02 bits per heavy atom. The number of para-hydroxylation sites is 1. The first kappa shape index (κ1) is 36.9. The molecule has 0 spiro atoms. The van der Waals surface area contributed by atoms with Gasteiger partial charge in [-0.3, -0.25) is 0 Å². The summed E-state index contributed by atoms with van der Waals surface area (Å²) in [5, 5.41) is 7.64. The molecular formula is C61H42N2S. The number of fused-ring (bicyclic) bond motifs is 10. The van der Waals surface area contributed by atoms with Gasteiger partial charge in [0.25, 0.3) is 0 Å². The van der Waals surface area contributed by atoms with Gasteiger partial charge in [-0.15, -0.1) is 11.3 Å². The number of aromatic nitrogens is 1. The van der Waals surface area contributed by atoms with Gasteiger partial charge in [0, 0.05) is 59.1 Å². The molecule has 0 radical (unpaired) electrons. The maximum Gasteiger partial charge on any atom is 0.0541 e. The molecule has 12 aromatic rings. The highest BCUT2D eigenvalue weighted by Gasteiger charge is 2.35. The van der Waals surface area contributed by atoms with E-state index in [9.17, 15) is 0 Å². The molecule has 0 saturated heterocycles. The van der Waals surface area contributed by atoms with Crippen molar-refractivity contribution in [2.75, 3.05) is 4.90 Å². The number of benzene rings is 10. The lowest BCUT2D eigenvalue weighted by molar-refractivity contribution is 0.660. The molecule has 3 heteroatoms. The molecular weight excluding hydrogens is 793 g/mol. The van der Waals surface area contributed by atoms with Crippen LogP contribution in [0.1, 0.15) is 25.0 Å². The average Bonchev–Trinajstić information content (AvgIpc) is 3.97. The van der Waals surface area contributed by atoms with E-state index in [4.69, 9.17) is 0 Å². The Hall–Kier alpha value is -7.72. The Labute approximate surface area is 376 Å². The smallest absolute Gasteiger partial charge is 0.0541 e. The van der Waals surface area contributed by atoms with Gasteiger partial charge in [0.05, 0.1) is 11.0 Å². The molecule has 1 aliphatic carbocycles. The number of thiophene rings is 1. The van der Waals surface area contributed by atoms with Gasteiger partial charge in [-0.05, 0) is 128 Å². The normalized spacial score (nSPS) is 13.0. The van der Waals surface area contributed by atoms with Gasteiger partial charge in [-0.2, -0.15) is 0 Å². The first-order valence-corrected chi connectivity index (χ1v) is 23.0. The summed E-state index contributed by atoms with van der Waals surface area (Å²) in [5.41, 5.74) is 17.1. The van der Waals surface area contributed by atoms with E-state index < -0.39 is 0 Å². The predicted octanol–water partition coefficient (Wildman–Crippen LogP) is 17.4. The summed E-state index contributed by atoms with van der Waals surface area (Å²) in [4.78, 5) is 2.42. The highest BCUT2D eigenvalue weighted by molar-refractivity contribution is 7.26. The standard InChI is InChI=1S/C61H42N2S/c1-61(2)55-19-8-5-14-49(55)50-34-33-47(38-56(50)61)62(45-30-25-41(26-31-45)48-17-11-18-53-52-16-7-10-21-59(52)64-60(48)53)44-28-22-40(23-29-44)43-27-35-58-54(37-43)51-15-6-9-20-57(51)63(58)46-32-24-39-12-3-4-13-42(39)36-46/h3-38H,1-2H3. The van der Waals surface area contributed by atoms with Crippen LogP contribution in [-0.4, -0.2) is 4.57 Å². The van der Waals surface area contributed by atoms with Gasteiger partial charge in [-0.25, -0.2) is 0 Å². The summed E-state index contributed by atoms with van der Waals surface area (Å²) in [7, 11) is 0. The van der Waals surface area contributed by atoms with Crippen LogP contribution in [0.5, 0.6) is 0 Å². The van der Waals surface area contributed by atoms with Crippen molar-refractivity contribution in [1.82, 2.24) is 4.57 Å². The summed E-state index contributed by atoms with van der Waals surface area (Å²) in [6.45, 7) is 4.72. The Morgan fingerprint density at radius 1 is 0.391 bits per heavy atom. The van der Waals surface area contributed by atoms with Crippen LogP contribution in [0.4, 0.5) is 17.1 Å². The first-order chi connectivity index (χ1) is 31.5. The second-order valence-electron chi connectivity index (χ2n) is 17.7. The molecule has 302 valence electrons. The maximum absolute atomic E-state index is 2.42. The Kier molecular flexibility index (Phi) is 8.16. The van der Waals surface area contributed by atoms with E-state index in [1.807, 2.05) is 11.3 Å². The fourth-order valence-electron chi connectivity index (χ4n) is 10.6. The van der Waals surface area contributed by atoms with Crippen LogP contribution in [0.2, 0.25) is 0 Å². The number of rotatable bonds is 6. The highest BCUT2D eigenvalue weighted by atomic mass is 32.1. The molecule has 0 saturated carbocycles. The molecule has 2 aromatic heterocycles. The van der Waals surface area contributed by atoms with Crippen molar-refractivity contribution < 1.29 is 0 Å². The van der Waals surface area contributed by atoms with Crippen LogP contribution in [0.3, 0.4) is 0 Å². The van der Waals surface area contributed by atoms with E-state index in [0.717, 1.165) is 17.1 Å². The van der Waals surface area contributed by atoms with E-state index in [2.05, 4.69) is 242 Å². The minimum absolute atomic E-state index is 0.111. The van der Waals surface area contributed by atoms with Crippen LogP contribution < -0.4 is 4.90 Å². The van der Waals surface area contributed by atoms with Gasteiger partial charge in [0.1, 0.15) is 0 Å². The van der Waals surface area contributed by atoms with Crippen molar-refractivity contribution in [3.05, 3.63) is 230 Å². The van der Waals surface area contributed by atoms with Gasteiger partial charge in [0.2, 0.25) is 0 Å². The summed E-state index contributed by atoms with van der Waals surface area (Å²) < 4.78 is 5.07. The summed E-state index contributed by atoms with van der Waals surface area (Å²) in [6, 6.07) is 80.9. The van der Waals surface area contributed by atoms with Crippen LogP contribution in [0, 0.1) is 0 Å². The largest absolute Gasteiger partial charge is 0.310 e. The summed E-state index contributed by atoms with van der Waals surface area (Å²) in [6.07, 6.45) is 0. The van der Waals surface area contributed by atoms with Crippen molar-refractivity contribution >= 4 is 81.1 Å². The number of anilines is 3. The van der Waals surface area contributed by atoms with E-state index in [1.54, 1.807) is 0 Å². The van der Waals surface area contributed by atoms with Gasteiger partial charge < -0.3 is 9.47 Å². The topological polar surface area (TPSA) is 8.17 Å². The molecule has 1 aliphatic rings. The Balaban J connectivity index is 0.911. The van der Waals surface area contributed by atoms with Crippen LogP contribution in [-0.2, 0) is 5.41 Å². The second-order valence-corrected chi connectivity index (χ2v) is 18.8. The van der Waals surface area contributed by atoms with Crippen molar-refractivity contribution in [3.8, 4) is 39.1 Å². The number of nitrogens with zero attached hydrogens (tertiary/aromatic N) is 2. The summed E-state index contributed by atoms with van der Waals surface area (Å²) in [5.74, 6) is 0. The number of hydrogen-bond acceptors (Lipinski definition) is 2. The van der Waals surface area contributed by atoms with Crippen LogP contribution in [0.15, 0.2) is 218 Å². The van der Waals surface area contributed by atoms with Gasteiger partial charge >= 0.3 is 0 Å². The number of hydrogen-bond donors (Lipinski definition) is 0. The van der Waals surface area contributed by atoms with E-state index in [-0.39, 0.29) is 5.41 Å². The zero-order valence-corrected chi connectivity index (χ0v) is 36.4. The average molecular weight is 835 g/mol. The lowest BCUT2D eigenvalue weighted by Crippen LogP contribution is -2.16. The molecule has 0 aliphatic heterocycles. The highest BCUT2D eigenvalue weighted by Crippen LogP contribution is 2.51. The molecule has 64 heavy (non-hydrogen) atoms. The minimum Gasteiger partial charge on any atom is -0.310 e.